The van der Waals surface area contributed by atoms with Crippen LogP contribution in [-0.4, -0.2) is 25.2 Å². The minimum absolute atomic E-state index is 0.697. The molecule has 0 aliphatic carbocycles. The largest absolute Gasteiger partial charge is 0.494 e. The summed E-state index contributed by atoms with van der Waals surface area (Å²) in [6.45, 7) is 1.54. The van der Waals surface area contributed by atoms with Gasteiger partial charge in [-0.15, -0.1) is 0 Å². The minimum Gasteiger partial charge on any atom is -0.494 e. The predicted octanol–water partition coefficient (Wildman–Crippen LogP) is 3.00. The van der Waals surface area contributed by atoms with Gasteiger partial charge in [0.2, 0.25) is 0 Å². The molecule has 0 aliphatic heterocycles. The first-order valence-corrected chi connectivity index (χ1v) is 6.45. The molecule has 4 heteroatoms. The van der Waals surface area contributed by atoms with Gasteiger partial charge in [-0.1, -0.05) is 24.3 Å². The molecule has 0 saturated heterocycles. The van der Waals surface area contributed by atoms with Crippen LogP contribution in [0.4, 0.5) is 11.6 Å². The lowest BCUT2D eigenvalue weighted by molar-refractivity contribution is 0.315. The topological polar surface area (TPSA) is 46.2 Å². The Bertz CT molecular complexity index is 488. The molecule has 2 aromatic rings. The summed E-state index contributed by atoms with van der Waals surface area (Å²) >= 11 is 0. The second-order valence-electron chi connectivity index (χ2n) is 4.10. The van der Waals surface area contributed by atoms with E-state index in [2.05, 4.69) is 15.6 Å². The third kappa shape index (κ3) is 4.50. The molecule has 1 aromatic carbocycles. The molecule has 19 heavy (non-hydrogen) atoms. The van der Waals surface area contributed by atoms with Crippen molar-refractivity contribution in [1.29, 1.82) is 0 Å². The lowest BCUT2D eigenvalue weighted by atomic mass is 10.3. The quantitative estimate of drug-likeness (QED) is 0.748. The second-order valence-corrected chi connectivity index (χ2v) is 4.10. The number of pyridine rings is 1. The van der Waals surface area contributed by atoms with Gasteiger partial charge in [-0.3, -0.25) is 0 Å². The van der Waals surface area contributed by atoms with Crippen molar-refractivity contribution in [3.63, 3.8) is 0 Å². The van der Waals surface area contributed by atoms with Crippen molar-refractivity contribution in [3.8, 4) is 5.75 Å². The Hall–Kier alpha value is -2.23. The summed E-state index contributed by atoms with van der Waals surface area (Å²) < 4.78 is 5.62. The fraction of sp³-hybridized carbons (Fsp3) is 0.267. The van der Waals surface area contributed by atoms with Gasteiger partial charge in [-0.05, 0) is 30.7 Å². The lowest BCUT2D eigenvalue weighted by Crippen LogP contribution is -2.08. The van der Waals surface area contributed by atoms with E-state index in [-0.39, 0.29) is 0 Å². The van der Waals surface area contributed by atoms with Gasteiger partial charge in [0.15, 0.2) is 0 Å². The Labute approximate surface area is 113 Å². The van der Waals surface area contributed by atoms with Crippen molar-refractivity contribution in [2.45, 2.75) is 6.42 Å². The maximum atomic E-state index is 5.62. The molecular formula is C15H19N3O. The van der Waals surface area contributed by atoms with Gasteiger partial charge >= 0.3 is 0 Å². The maximum absolute atomic E-state index is 5.62. The van der Waals surface area contributed by atoms with Crippen molar-refractivity contribution >= 4 is 11.6 Å². The summed E-state index contributed by atoms with van der Waals surface area (Å²) in [5.74, 6) is 2.66. The van der Waals surface area contributed by atoms with Crippen molar-refractivity contribution in [3.05, 3.63) is 48.5 Å². The van der Waals surface area contributed by atoms with E-state index in [1.54, 1.807) is 0 Å². The van der Waals surface area contributed by atoms with Crippen LogP contribution < -0.4 is 15.4 Å². The number of benzene rings is 1. The average molecular weight is 257 g/mol. The SMILES string of the molecule is CNc1cccc(NCCCOc2ccccc2)n1. The van der Waals surface area contributed by atoms with Crippen molar-refractivity contribution in [1.82, 2.24) is 4.98 Å². The fourth-order valence-electron chi connectivity index (χ4n) is 1.67. The van der Waals surface area contributed by atoms with Crippen molar-refractivity contribution in [2.24, 2.45) is 0 Å². The van der Waals surface area contributed by atoms with Crippen LogP contribution in [0.25, 0.3) is 0 Å². The van der Waals surface area contributed by atoms with Crippen molar-refractivity contribution < 1.29 is 4.74 Å². The van der Waals surface area contributed by atoms with E-state index < -0.39 is 0 Å². The highest BCUT2D eigenvalue weighted by atomic mass is 16.5. The predicted molar refractivity (Wildman–Crippen MR) is 78.8 cm³/mol. The Morgan fingerprint density at radius 3 is 2.58 bits per heavy atom. The molecule has 2 N–H and O–H groups in total. The van der Waals surface area contributed by atoms with Gasteiger partial charge in [0.25, 0.3) is 0 Å². The lowest BCUT2D eigenvalue weighted by Gasteiger charge is -2.08. The zero-order valence-electron chi connectivity index (χ0n) is 11.1. The van der Waals surface area contributed by atoms with E-state index in [4.69, 9.17) is 4.74 Å². The van der Waals surface area contributed by atoms with Crippen LogP contribution >= 0.6 is 0 Å². The number of anilines is 2. The molecular weight excluding hydrogens is 238 g/mol. The fourth-order valence-corrected chi connectivity index (χ4v) is 1.67. The third-order valence-electron chi connectivity index (χ3n) is 2.64. The number of nitrogens with zero attached hydrogens (tertiary/aromatic N) is 1. The van der Waals surface area contributed by atoms with Crippen LogP contribution in [-0.2, 0) is 0 Å². The second kappa shape index (κ2) is 7.26. The Kier molecular flexibility index (Phi) is 5.05. The summed E-state index contributed by atoms with van der Waals surface area (Å²) in [6, 6.07) is 15.7. The van der Waals surface area contributed by atoms with Gasteiger partial charge in [0.05, 0.1) is 6.61 Å². The molecule has 0 amide bonds. The first-order valence-electron chi connectivity index (χ1n) is 6.45. The van der Waals surface area contributed by atoms with Gasteiger partial charge < -0.3 is 15.4 Å². The highest BCUT2D eigenvalue weighted by Gasteiger charge is 1.96. The Morgan fingerprint density at radius 2 is 1.79 bits per heavy atom. The summed E-state index contributed by atoms with van der Waals surface area (Å²) in [7, 11) is 1.86. The molecule has 0 spiro atoms. The van der Waals surface area contributed by atoms with Crippen LogP contribution in [0.5, 0.6) is 5.75 Å². The van der Waals surface area contributed by atoms with Gasteiger partial charge in [-0.2, -0.15) is 0 Å². The molecule has 0 unspecified atom stereocenters. The zero-order valence-corrected chi connectivity index (χ0v) is 11.1. The van der Waals surface area contributed by atoms with E-state index >= 15 is 0 Å². The van der Waals surface area contributed by atoms with E-state index in [1.165, 1.54) is 0 Å². The standard InChI is InChI=1S/C15H19N3O/c1-16-14-9-5-10-15(18-14)17-11-6-12-19-13-7-3-2-4-8-13/h2-5,7-10H,6,11-12H2,1H3,(H2,16,17,18). The smallest absolute Gasteiger partial charge is 0.128 e. The number of aromatic nitrogens is 1. The molecule has 0 radical (unpaired) electrons. The van der Waals surface area contributed by atoms with Crippen LogP contribution in [0.2, 0.25) is 0 Å². The highest BCUT2D eigenvalue weighted by Crippen LogP contribution is 2.09. The number of ether oxygens (including phenoxy) is 1. The average Bonchev–Trinajstić information content (AvgIpc) is 2.48. The van der Waals surface area contributed by atoms with Gasteiger partial charge in [0.1, 0.15) is 17.4 Å². The van der Waals surface area contributed by atoms with E-state index in [0.29, 0.717) is 6.61 Å². The molecule has 1 aromatic heterocycles. The van der Waals surface area contributed by atoms with E-state index in [1.807, 2.05) is 55.6 Å². The molecule has 1 heterocycles. The summed E-state index contributed by atoms with van der Waals surface area (Å²) in [5, 5.41) is 6.29. The first kappa shape index (κ1) is 13.2. The number of para-hydroxylation sites is 1. The molecule has 0 saturated carbocycles. The van der Waals surface area contributed by atoms with E-state index in [9.17, 15) is 0 Å². The first-order chi connectivity index (χ1) is 9.38. The molecule has 0 bridgehead atoms. The van der Waals surface area contributed by atoms with Crippen molar-refractivity contribution in [2.75, 3.05) is 30.8 Å². The van der Waals surface area contributed by atoms with E-state index in [0.717, 1.165) is 30.4 Å². The van der Waals surface area contributed by atoms with Crippen LogP contribution in [0.1, 0.15) is 6.42 Å². The number of hydrogen-bond acceptors (Lipinski definition) is 4. The highest BCUT2D eigenvalue weighted by molar-refractivity contribution is 5.44. The zero-order chi connectivity index (χ0) is 13.3. The maximum Gasteiger partial charge on any atom is 0.128 e. The molecule has 0 atom stereocenters. The number of hydrogen-bond donors (Lipinski definition) is 2. The molecule has 2 rings (SSSR count). The van der Waals surface area contributed by atoms with Gasteiger partial charge in [0, 0.05) is 13.6 Å². The molecule has 0 aliphatic rings. The monoisotopic (exact) mass is 257 g/mol. The summed E-state index contributed by atoms with van der Waals surface area (Å²) in [4.78, 5) is 4.38. The van der Waals surface area contributed by atoms with Gasteiger partial charge in [-0.25, -0.2) is 4.98 Å². The molecule has 100 valence electrons. The number of rotatable bonds is 7. The minimum atomic E-state index is 0.697. The molecule has 0 fully saturated rings. The van der Waals surface area contributed by atoms with Crippen LogP contribution in [0.15, 0.2) is 48.5 Å². The third-order valence-corrected chi connectivity index (χ3v) is 2.64. The molecule has 4 nitrogen and oxygen atoms in total. The van der Waals surface area contributed by atoms with Crippen LogP contribution in [0, 0.1) is 0 Å². The Morgan fingerprint density at radius 1 is 1.00 bits per heavy atom. The Balaban J connectivity index is 1.66. The number of nitrogens with one attached hydrogen (secondary N) is 2. The normalized spacial score (nSPS) is 9.95. The summed E-state index contributed by atoms with van der Waals surface area (Å²) in [6.07, 6.45) is 0.931. The summed E-state index contributed by atoms with van der Waals surface area (Å²) in [5.41, 5.74) is 0. The van der Waals surface area contributed by atoms with Crippen LogP contribution in [0.3, 0.4) is 0 Å².